The van der Waals surface area contributed by atoms with E-state index in [4.69, 9.17) is 10.5 Å². The first kappa shape index (κ1) is 11.0. The number of nitrogens with one attached hydrogen (secondary N) is 1. The van der Waals surface area contributed by atoms with Gasteiger partial charge in [-0.25, -0.2) is 4.98 Å². The number of nitrogen functional groups attached to an aromatic ring is 1. The molecule has 1 aliphatic heterocycles. The number of hydrogen-bond acceptors (Lipinski definition) is 5. The number of anilines is 2. The largest absolute Gasteiger partial charge is 0.479 e. The fraction of sp³-hybridized carbons (Fsp3) is 0.167. The van der Waals surface area contributed by atoms with Gasteiger partial charge in [0.05, 0.1) is 11.2 Å². The summed E-state index contributed by atoms with van der Waals surface area (Å²) >= 11 is 1.39. The lowest BCUT2D eigenvalue weighted by Crippen LogP contribution is -2.34. The number of carbonyl (C=O) groups excluding carboxylic acids is 1. The summed E-state index contributed by atoms with van der Waals surface area (Å²) in [4.78, 5) is 15.8. The minimum Gasteiger partial charge on any atom is -0.479 e. The molecule has 1 amide bonds. The topological polar surface area (TPSA) is 77.2 Å². The molecule has 1 atom stereocenters. The number of fused-ring (bicyclic) bond motifs is 1. The molecule has 0 saturated heterocycles. The van der Waals surface area contributed by atoms with E-state index in [1.807, 2.05) is 18.2 Å². The maximum absolute atomic E-state index is 11.5. The molecule has 5 nitrogen and oxygen atoms in total. The van der Waals surface area contributed by atoms with Gasteiger partial charge in [0.15, 0.2) is 6.10 Å². The SMILES string of the molecule is CC1Oc2ccc(-c3ncsc3N)cc2NC1=O. The highest BCUT2D eigenvalue weighted by atomic mass is 32.1. The minimum absolute atomic E-state index is 0.147. The number of nitrogens with zero attached hydrogens (tertiary/aromatic N) is 1. The summed E-state index contributed by atoms with van der Waals surface area (Å²) in [5.74, 6) is 0.519. The Labute approximate surface area is 108 Å². The molecule has 0 aliphatic carbocycles. The highest BCUT2D eigenvalue weighted by Gasteiger charge is 2.23. The van der Waals surface area contributed by atoms with Crippen molar-refractivity contribution in [2.45, 2.75) is 13.0 Å². The number of ether oxygens (including phenoxy) is 1. The molecule has 2 heterocycles. The van der Waals surface area contributed by atoms with Crippen LogP contribution in [0.4, 0.5) is 10.7 Å². The normalized spacial score (nSPS) is 17.8. The lowest BCUT2D eigenvalue weighted by Gasteiger charge is -2.23. The van der Waals surface area contributed by atoms with Crippen molar-refractivity contribution in [2.24, 2.45) is 0 Å². The van der Waals surface area contributed by atoms with Gasteiger partial charge in [-0.15, -0.1) is 11.3 Å². The van der Waals surface area contributed by atoms with Gasteiger partial charge < -0.3 is 15.8 Å². The summed E-state index contributed by atoms with van der Waals surface area (Å²) in [5, 5.41) is 3.46. The maximum Gasteiger partial charge on any atom is 0.265 e. The summed E-state index contributed by atoms with van der Waals surface area (Å²) in [5.41, 5.74) is 9.79. The second-order valence-corrected chi connectivity index (χ2v) is 4.91. The van der Waals surface area contributed by atoms with Crippen LogP contribution < -0.4 is 15.8 Å². The lowest BCUT2D eigenvalue weighted by molar-refractivity contribution is -0.122. The van der Waals surface area contributed by atoms with Crippen LogP contribution in [0.3, 0.4) is 0 Å². The molecular formula is C12H11N3O2S. The first-order chi connectivity index (χ1) is 8.65. The number of amides is 1. The van der Waals surface area contributed by atoms with Crippen LogP contribution in [0.5, 0.6) is 5.75 Å². The van der Waals surface area contributed by atoms with Gasteiger partial charge in [0, 0.05) is 5.56 Å². The Balaban J connectivity index is 2.04. The second kappa shape index (κ2) is 3.99. The molecular weight excluding hydrogens is 250 g/mol. The number of rotatable bonds is 1. The van der Waals surface area contributed by atoms with Crippen molar-refractivity contribution >= 4 is 27.9 Å². The number of aromatic nitrogens is 1. The van der Waals surface area contributed by atoms with Gasteiger partial charge in [0.1, 0.15) is 16.4 Å². The first-order valence-corrected chi connectivity index (χ1v) is 6.34. The van der Waals surface area contributed by atoms with Crippen LogP contribution >= 0.6 is 11.3 Å². The monoisotopic (exact) mass is 261 g/mol. The fourth-order valence-corrected chi connectivity index (χ4v) is 2.38. The lowest BCUT2D eigenvalue weighted by atomic mass is 10.1. The molecule has 6 heteroatoms. The Morgan fingerprint density at radius 1 is 1.50 bits per heavy atom. The molecule has 0 saturated carbocycles. The van der Waals surface area contributed by atoms with E-state index in [2.05, 4.69) is 10.3 Å². The number of carbonyl (C=O) groups is 1. The Kier molecular flexibility index (Phi) is 2.45. The summed E-state index contributed by atoms with van der Waals surface area (Å²) in [6.07, 6.45) is -0.465. The summed E-state index contributed by atoms with van der Waals surface area (Å²) < 4.78 is 5.49. The second-order valence-electron chi connectivity index (χ2n) is 4.03. The molecule has 2 aromatic rings. The van der Waals surface area contributed by atoms with E-state index in [0.29, 0.717) is 16.4 Å². The van der Waals surface area contributed by atoms with E-state index in [-0.39, 0.29) is 5.91 Å². The van der Waals surface area contributed by atoms with Gasteiger partial charge in [-0.05, 0) is 25.1 Å². The van der Waals surface area contributed by atoms with Crippen molar-refractivity contribution in [2.75, 3.05) is 11.1 Å². The van der Waals surface area contributed by atoms with Crippen molar-refractivity contribution in [3.05, 3.63) is 23.7 Å². The van der Waals surface area contributed by atoms with Gasteiger partial charge in [-0.2, -0.15) is 0 Å². The predicted molar refractivity (Wildman–Crippen MR) is 70.7 cm³/mol. The molecule has 0 spiro atoms. The smallest absolute Gasteiger partial charge is 0.265 e. The Hall–Kier alpha value is -2.08. The van der Waals surface area contributed by atoms with Crippen molar-refractivity contribution < 1.29 is 9.53 Å². The summed E-state index contributed by atoms with van der Waals surface area (Å²) in [6.45, 7) is 1.71. The van der Waals surface area contributed by atoms with E-state index in [1.165, 1.54) is 11.3 Å². The average Bonchev–Trinajstić information content (AvgIpc) is 2.76. The number of benzene rings is 1. The zero-order valence-corrected chi connectivity index (χ0v) is 10.5. The molecule has 18 heavy (non-hydrogen) atoms. The number of hydrogen-bond donors (Lipinski definition) is 2. The van der Waals surface area contributed by atoms with Crippen LogP contribution in [0, 0.1) is 0 Å². The maximum atomic E-state index is 11.5. The molecule has 0 bridgehead atoms. The molecule has 1 unspecified atom stereocenters. The molecule has 1 aromatic carbocycles. The van der Waals surface area contributed by atoms with Gasteiger partial charge in [0.25, 0.3) is 5.91 Å². The van der Waals surface area contributed by atoms with Crippen molar-refractivity contribution in [3.8, 4) is 17.0 Å². The fourth-order valence-electron chi connectivity index (χ4n) is 1.83. The van der Waals surface area contributed by atoms with Crippen LogP contribution in [0.1, 0.15) is 6.92 Å². The molecule has 3 N–H and O–H groups in total. The average molecular weight is 261 g/mol. The molecule has 0 fully saturated rings. The van der Waals surface area contributed by atoms with Crippen molar-refractivity contribution in [1.82, 2.24) is 4.98 Å². The molecule has 1 aliphatic rings. The molecule has 1 aromatic heterocycles. The zero-order chi connectivity index (χ0) is 12.7. The van der Waals surface area contributed by atoms with Gasteiger partial charge in [0.2, 0.25) is 0 Å². The highest BCUT2D eigenvalue weighted by Crippen LogP contribution is 2.35. The van der Waals surface area contributed by atoms with Crippen molar-refractivity contribution in [1.29, 1.82) is 0 Å². The quantitative estimate of drug-likeness (QED) is 0.824. The minimum atomic E-state index is -0.465. The number of thiazole rings is 1. The Bertz CT molecular complexity index is 624. The third-order valence-corrected chi connectivity index (χ3v) is 3.44. The van der Waals surface area contributed by atoms with E-state index in [1.54, 1.807) is 12.4 Å². The Morgan fingerprint density at radius 2 is 2.33 bits per heavy atom. The van der Waals surface area contributed by atoms with Gasteiger partial charge >= 0.3 is 0 Å². The Morgan fingerprint density at radius 3 is 3.06 bits per heavy atom. The summed E-state index contributed by atoms with van der Waals surface area (Å²) in [6, 6.07) is 5.53. The predicted octanol–water partition coefficient (Wildman–Crippen LogP) is 2.11. The highest BCUT2D eigenvalue weighted by molar-refractivity contribution is 7.14. The third kappa shape index (κ3) is 1.70. The molecule has 0 radical (unpaired) electrons. The summed E-state index contributed by atoms with van der Waals surface area (Å²) in [7, 11) is 0. The van der Waals surface area contributed by atoms with E-state index >= 15 is 0 Å². The number of nitrogens with two attached hydrogens (primary N) is 1. The molecule has 3 rings (SSSR count). The third-order valence-electron chi connectivity index (χ3n) is 2.78. The van der Waals surface area contributed by atoms with Crippen LogP contribution in [-0.4, -0.2) is 17.0 Å². The van der Waals surface area contributed by atoms with Crippen LogP contribution in [0.2, 0.25) is 0 Å². The van der Waals surface area contributed by atoms with Gasteiger partial charge in [-0.3, -0.25) is 4.79 Å². The van der Waals surface area contributed by atoms with E-state index in [9.17, 15) is 4.79 Å². The van der Waals surface area contributed by atoms with E-state index < -0.39 is 6.10 Å². The van der Waals surface area contributed by atoms with Crippen LogP contribution in [0.25, 0.3) is 11.3 Å². The van der Waals surface area contributed by atoms with Gasteiger partial charge in [-0.1, -0.05) is 0 Å². The zero-order valence-electron chi connectivity index (χ0n) is 9.64. The first-order valence-electron chi connectivity index (χ1n) is 5.46. The molecule has 92 valence electrons. The standard InChI is InChI=1S/C12H11N3O2S/c1-6-12(16)15-8-4-7(2-3-9(8)17-6)10-11(13)18-5-14-10/h2-6H,13H2,1H3,(H,15,16). The van der Waals surface area contributed by atoms with Crippen molar-refractivity contribution in [3.63, 3.8) is 0 Å². The van der Waals surface area contributed by atoms with E-state index in [0.717, 1.165) is 11.3 Å². The van der Waals surface area contributed by atoms with Crippen LogP contribution in [0.15, 0.2) is 23.7 Å². The van der Waals surface area contributed by atoms with Crippen LogP contribution in [-0.2, 0) is 4.79 Å².